The molecule has 0 fully saturated rings. The van der Waals surface area contributed by atoms with E-state index in [0.717, 1.165) is 27.7 Å². The summed E-state index contributed by atoms with van der Waals surface area (Å²) in [5, 5.41) is 10.3. The summed E-state index contributed by atoms with van der Waals surface area (Å²) in [5.74, 6) is -3.09. The number of carbonyl (C=O) groups is 1. The molecule has 5 rings (SSSR count). The van der Waals surface area contributed by atoms with Gasteiger partial charge >= 0.3 is 5.97 Å². The minimum Gasteiger partial charge on any atom is -0.478 e. The highest BCUT2D eigenvalue weighted by atomic mass is 19.3. The Morgan fingerprint density at radius 1 is 1.11 bits per heavy atom. The predicted molar refractivity (Wildman–Crippen MR) is 133 cm³/mol. The summed E-state index contributed by atoms with van der Waals surface area (Å²) in [6.07, 6.45) is -0.0373. The number of hydrogen-bond donors (Lipinski definition) is 1. The lowest BCUT2D eigenvalue weighted by atomic mass is 9.92. The minimum absolute atomic E-state index is 0.131. The molecule has 0 amide bonds. The first-order chi connectivity index (χ1) is 17.3. The summed E-state index contributed by atoms with van der Waals surface area (Å²) in [6, 6.07) is 10.7. The highest BCUT2D eigenvalue weighted by Gasteiger charge is 2.37. The largest absolute Gasteiger partial charge is 0.478 e. The van der Waals surface area contributed by atoms with Gasteiger partial charge in [-0.3, -0.25) is 0 Å². The molecule has 190 valence electrons. The molecular weight excluding hydrogens is 468 g/mol. The molecule has 2 aromatic carbocycles. The molecule has 0 saturated carbocycles. The number of nitrogens with zero attached hydrogens (tertiary/aromatic N) is 3. The number of hydrogen-bond acceptors (Lipinski definition) is 4. The van der Waals surface area contributed by atoms with Crippen LogP contribution >= 0.6 is 0 Å². The maximum absolute atomic E-state index is 14.4. The Morgan fingerprint density at radius 2 is 1.92 bits per heavy atom. The molecule has 7 nitrogen and oxygen atoms in total. The van der Waals surface area contributed by atoms with Gasteiger partial charge in [-0.05, 0) is 55.3 Å². The average Bonchev–Trinajstić information content (AvgIpc) is 3.37. The second-order valence-electron chi connectivity index (χ2n) is 9.14. The van der Waals surface area contributed by atoms with E-state index in [1.54, 1.807) is 25.3 Å². The van der Waals surface area contributed by atoms with Crippen molar-refractivity contribution in [3.8, 4) is 11.4 Å². The second kappa shape index (κ2) is 9.63. The SMILES string of the molecule is CCn1c2c(c3cc(-c4nc5cc(C(=O)O)ccc5n4CCOCCOC)ccc31)CC(F)(F)CC2. The Morgan fingerprint density at radius 3 is 2.67 bits per heavy atom. The fourth-order valence-corrected chi connectivity index (χ4v) is 5.22. The van der Waals surface area contributed by atoms with Crippen molar-refractivity contribution >= 4 is 27.9 Å². The summed E-state index contributed by atoms with van der Waals surface area (Å²) < 4.78 is 43.6. The Hall–Kier alpha value is -3.30. The van der Waals surface area contributed by atoms with Gasteiger partial charge < -0.3 is 23.7 Å². The fourth-order valence-electron chi connectivity index (χ4n) is 5.22. The molecule has 9 heteroatoms. The fraction of sp³-hybridized carbons (Fsp3) is 0.407. The highest BCUT2D eigenvalue weighted by Crippen LogP contribution is 2.40. The number of aromatic nitrogens is 3. The Bertz CT molecular complexity index is 1440. The van der Waals surface area contributed by atoms with Crippen LogP contribution in [0.1, 0.15) is 35.0 Å². The van der Waals surface area contributed by atoms with Crippen LogP contribution in [0.3, 0.4) is 0 Å². The zero-order chi connectivity index (χ0) is 25.4. The first kappa shape index (κ1) is 24.4. The average molecular weight is 498 g/mol. The summed E-state index contributed by atoms with van der Waals surface area (Å²) in [6.45, 7) is 4.60. The number of alkyl halides is 2. The number of carboxylic acids is 1. The maximum atomic E-state index is 14.4. The number of benzene rings is 2. The van der Waals surface area contributed by atoms with Crippen molar-refractivity contribution in [3.63, 3.8) is 0 Å². The third kappa shape index (κ3) is 4.37. The number of aryl methyl sites for hydroxylation is 1. The zero-order valence-electron chi connectivity index (χ0n) is 20.4. The van der Waals surface area contributed by atoms with Gasteiger partial charge in [-0.1, -0.05) is 0 Å². The van der Waals surface area contributed by atoms with Crippen molar-refractivity contribution < 1.29 is 28.2 Å². The van der Waals surface area contributed by atoms with Crippen molar-refractivity contribution in [2.75, 3.05) is 26.9 Å². The van der Waals surface area contributed by atoms with E-state index in [0.29, 0.717) is 56.2 Å². The van der Waals surface area contributed by atoms with E-state index >= 15 is 0 Å². The van der Waals surface area contributed by atoms with Crippen LogP contribution < -0.4 is 0 Å². The first-order valence-electron chi connectivity index (χ1n) is 12.2. The number of ether oxygens (including phenoxy) is 2. The van der Waals surface area contributed by atoms with Gasteiger partial charge in [0.05, 0.1) is 36.4 Å². The standard InChI is InChI=1S/C27H29F2N3O4/c1-3-31-22-6-4-17(14-19(22)20-16-27(28,29)9-8-23(20)31)25-30-21-15-18(26(33)34)5-7-24(21)32(25)10-11-36-13-12-35-2/h4-7,14-15H,3,8-13,16H2,1-2H3,(H,33,34). The monoisotopic (exact) mass is 497 g/mol. The molecule has 0 bridgehead atoms. The third-order valence-electron chi connectivity index (χ3n) is 6.91. The van der Waals surface area contributed by atoms with E-state index in [1.165, 1.54) is 0 Å². The van der Waals surface area contributed by atoms with E-state index in [2.05, 4.69) is 4.57 Å². The van der Waals surface area contributed by atoms with Crippen LogP contribution in [0, 0.1) is 0 Å². The van der Waals surface area contributed by atoms with E-state index in [4.69, 9.17) is 14.5 Å². The van der Waals surface area contributed by atoms with Crippen LogP contribution in [0.25, 0.3) is 33.3 Å². The number of aromatic carboxylic acids is 1. The van der Waals surface area contributed by atoms with Gasteiger partial charge in [0.1, 0.15) is 5.82 Å². The molecular formula is C27H29F2N3O4. The van der Waals surface area contributed by atoms with Crippen molar-refractivity contribution in [3.05, 3.63) is 53.2 Å². The smallest absolute Gasteiger partial charge is 0.335 e. The van der Waals surface area contributed by atoms with Crippen molar-refractivity contribution in [1.82, 2.24) is 14.1 Å². The molecule has 4 aromatic rings. The number of halogens is 2. The van der Waals surface area contributed by atoms with Crippen LogP contribution in [-0.4, -0.2) is 58.0 Å². The molecule has 0 aliphatic heterocycles. The first-order valence-corrected chi connectivity index (χ1v) is 12.2. The minimum atomic E-state index is -2.71. The third-order valence-corrected chi connectivity index (χ3v) is 6.91. The molecule has 0 unspecified atom stereocenters. The quantitative estimate of drug-likeness (QED) is 0.323. The summed E-state index contributed by atoms with van der Waals surface area (Å²) >= 11 is 0. The number of imidazole rings is 1. The lowest BCUT2D eigenvalue weighted by Gasteiger charge is -2.23. The molecule has 2 heterocycles. The van der Waals surface area contributed by atoms with Crippen molar-refractivity contribution in [2.24, 2.45) is 0 Å². The van der Waals surface area contributed by atoms with Gasteiger partial charge in [-0.15, -0.1) is 0 Å². The van der Waals surface area contributed by atoms with E-state index in [1.807, 2.05) is 29.7 Å². The maximum Gasteiger partial charge on any atom is 0.335 e. The predicted octanol–water partition coefficient (Wildman–Crippen LogP) is 5.16. The highest BCUT2D eigenvalue weighted by molar-refractivity contribution is 5.94. The van der Waals surface area contributed by atoms with Gasteiger partial charge in [-0.25, -0.2) is 18.6 Å². The Balaban J connectivity index is 1.62. The molecule has 2 aromatic heterocycles. The topological polar surface area (TPSA) is 78.5 Å². The molecule has 0 radical (unpaired) electrons. The second-order valence-corrected chi connectivity index (χ2v) is 9.14. The summed E-state index contributed by atoms with van der Waals surface area (Å²) in [4.78, 5) is 16.3. The van der Waals surface area contributed by atoms with Crippen LogP contribution in [0.15, 0.2) is 36.4 Å². The number of carboxylic acid groups (broad SMARTS) is 1. The molecule has 0 saturated heterocycles. The van der Waals surface area contributed by atoms with Gasteiger partial charge in [0.25, 0.3) is 5.92 Å². The summed E-state index contributed by atoms with van der Waals surface area (Å²) in [5.41, 5.74) is 4.93. The molecule has 36 heavy (non-hydrogen) atoms. The summed E-state index contributed by atoms with van der Waals surface area (Å²) in [7, 11) is 1.61. The van der Waals surface area contributed by atoms with Gasteiger partial charge in [0.15, 0.2) is 0 Å². The number of methoxy groups -OCH3 is 1. The van der Waals surface area contributed by atoms with E-state index in [9.17, 15) is 18.7 Å². The van der Waals surface area contributed by atoms with Crippen LogP contribution in [0.4, 0.5) is 8.78 Å². The van der Waals surface area contributed by atoms with Gasteiger partial charge in [0.2, 0.25) is 0 Å². The Kier molecular flexibility index (Phi) is 6.53. The number of fused-ring (bicyclic) bond motifs is 4. The van der Waals surface area contributed by atoms with Gasteiger partial charge in [-0.2, -0.15) is 0 Å². The van der Waals surface area contributed by atoms with Crippen molar-refractivity contribution in [2.45, 2.75) is 45.2 Å². The van der Waals surface area contributed by atoms with Crippen LogP contribution in [-0.2, 0) is 35.4 Å². The normalized spacial score (nSPS) is 15.0. The molecule has 1 aliphatic rings. The molecule has 1 N–H and O–H groups in total. The molecule has 0 atom stereocenters. The van der Waals surface area contributed by atoms with Crippen molar-refractivity contribution in [1.29, 1.82) is 0 Å². The molecule has 1 aliphatic carbocycles. The van der Waals surface area contributed by atoms with Crippen LogP contribution in [0.5, 0.6) is 0 Å². The lowest BCUT2D eigenvalue weighted by Crippen LogP contribution is -2.26. The van der Waals surface area contributed by atoms with E-state index in [-0.39, 0.29) is 18.4 Å². The zero-order valence-corrected chi connectivity index (χ0v) is 20.4. The lowest BCUT2D eigenvalue weighted by molar-refractivity contribution is -0.0125. The van der Waals surface area contributed by atoms with Gasteiger partial charge in [0, 0.05) is 55.2 Å². The molecule has 0 spiro atoms. The Labute approximate surface area is 207 Å². The van der Waals surface area contributed by atoms with E-state index < -0.39 is 11.9 Å². The number of rotatable bonds is 9. The van der Waals surface area contributed by atoms with Crippen LogP contribution in [0.2, 0.25) is 0 Å².